The van der Waals surface area contributed by atoms with E-state index in [4.69, 9.17) is 0 Å². The quantitative estimate of drug-likeness (QED) is 0.899. The topological polar surface area (TPSA) is 63.1 Å². The monoisotopic (exact) mass is 359 g/mol. The first-order chi connectivity index (χ1) is 12.3. The van der Waals surface area contributed by atoms with Gasteiger partial charge in [0, 0.05) is 37.1 Å². The summed E-state index contributed by atoms with van der Waals surface area (Å²) in [7, 11) is 0. The number of piperidine rings is 1. The van der Waals surface area contributed by atoms with Crippen LogP contribution in [0.15, 0.2) is 23.0 Å². The summed E-state index contributed by atoms with van der Waals surface area (Å²) >= 11 is 1.59. The van der Waals surface area contributed by atoms with Gasteiger partial charge in [-0.3, -0.25) is 4.68 Å². The van der Waals surface area contributed by atoms with Crippen molar-refractivity contribution in [2.75, 3.05) is 18.4 Å². The van der Waals surface area contributed by atoms with Crippen molar-refractivity contribution in [2.24, 2.45) is 5.92 Å². The van der Waals surface area contributed by atoms with E-state index in [1.807, 2.05) is 26.4 Å². The van der Waals surface area contributed by atoms with Gasteiger partial charge in [0.15, 0.2) is 0 Å². The van der Waals surface area contributed by atoms with E-state index in [0.29, 0.717) is 11.8 Å². The highest BCUT2D eigenvalue weighted by molar-refractivity contribution is 7.08. The van der Waals surface area contributed by atoms with Crippen LogP contribution in [0.25, 0.3) is 0 Å². The zero-order valence-corrected chi connectivity index (χ0v) is 15.2. The van der Waals surface area contributed by atoms with Crippen LogP contribution in [0.5, 0.6) is 0 Å². The fourth-order valence-corrected chi connectivity index (χ4v) is 4.60. The molecule has 2 fully saturated rings. The first-order valence-corrected chi connectivity index (χ1v) is 10.2. The molecule has 3 heterocycles. The third-order valence-corrected chi connectivity index (χ3v) is 6.04. The number of likely N-dealkylation sites (tertiary alicyclic amines) is 1. The van der Waals surface area contributed by atoms with E-state index in [-0.39, 0.29) is 6.03 Å². The van der Waals surface area contributed by atoms with Crippen LogP contribution < -0.4 is 5.32 Å². The molecule has 2 aromatic rings. The van der Waals surface area contributed by atoms with Gasteiger partial charge >= 0.3 is 6.03 Å². The van der Waals surface area contributed by atoms with Crippen molar-refractivity contribution in [3.63, 3.8) is 0 Å². The second-order valence-electron chi connectivity index (χ2n) is 7.24. The summed E-state index contributed by atoms with van der Waals surface area (Å²) in [4.78, 5) is 14.4. The number of carbonyl (C=O) groups excluding carboxylic acids is 1. The molecule has 1 atom stereocenters. The summed E-state index contributed by atoms with van der Waals surface area (Å²) in [5.74, 6) is 1.05. The highest BCUT2D eigenvalue weighted by Gasteiger charge is 2.25. The van der Waals surface area contributed by atoms with E-state index in [2.05, 4.69) is 21.8 Å². The Labute approximate surface area is 152 Å². The molecule has 0 radical (unpaired) electrons. The molecule has 2 amide bonds. The number of nitrogens with zero attached hydrogens (tertiary/aromatic N) is 4. The number of amides is 2. The van der Waals surface area contributed by atoms with E-state index in [9.17, 15) is 4.79 Å². The summed E-state index contributed by atoms with van der Waals surface area (Å²) in [5.41, 5.74) is 2.04. The number of thiophene rings is 1. The minimum Gasteiger partial charge on any atom is -0.324 e. The lowest BCUT2D eigenvalue weighted by atomic mass is 9.98. The Morgan fingerprint density at radius 2 is 2.16 bits per heavy atom. The lowest BCUT2D eigenvalue weighted by Crippen LogP contribution is -2.43. The number of anilines is 1. The molecule has 1 unspecified atom stereocenters. The van der Waals surface area contributed by atoms with Gasteiger partial charge in [0.25, 0.3) is 0 Å². The van der Waals surface area contributed by atoms with E-state index in [1.165, 1.54) is 25.7 Å². The number of urea groups is 1. The van der Waals surface area contributed by atoms with Crippen LogP contribution >= 0.6 is 11.3 Å². The van der Waals surface area contributed by atoms with Crippen molar-refractivity contribution in [1.29, 1.82) is 0 Å². The highest BCUT2D eigenvalue weighted by Crippen LogP contribution is 2.32. The average molecular weight is 359 g/mol. The number of aromatic nitrogens is 3. The normalized spacial score (nSPS) is 21.6. The molecule has 7 heteroatoms. The third kappa shape index (κ3) is 4.03. The molecule has 1 saturated heterocycles. The molecular weight excluding hydrogens is 334 g/mol. The molecule has 4 rings (SSSR count). The van der Waals surface area contributed by atoms with Crippen LogP contribution in [0.4, 0.5) is 10.5 Å². The summed E-state index contributed by atoms with van der Waals surface area (Å²) in [5, 5.41) is 15.6. The van der Waals surface area contributed by atoms with Crippen LogP contribution in [0, 0.1) is 5.92 Å². The molecule has 134 valence electrons. The summed E-state index contributed by atoms with van der Waals surface area (Å²) in [6.07, 6.45) is 9.44. The molecule has 2 aliphatic rings. The lowest BCUT2D eigenvalue weighted by Gasteiger charge is -2.32. The first kappa shape index (κ1) is 16.6. The second-order valence-corrected chi connectivity index (χ2v) is 8.02. The lowest BCUT2D eigenvalue weighted by molar-refractivity contribution is 0.168. The van der Waals surface area contributed by atoms with Crippen LogP contribution in [0.1, 0.15) is 50.1 Å². The van der Waals surface area contributed by atoms with Crippen molar-refractivity contribution >= 4 is 23.1 Å². The van der Waals surface area contributed by atoms with Crippen molar-refractivity contribution in [1.82, 2.24) is 19.9 Å². The average Bonchev–Trinajstić information content (AvgIpc) is 3.37. The Bertz CT molecular complexity index is 692. The molecule has 2 aromatic heterocycles. The van der Waals surface area contributed by atoms with Gasteiger partial charge in [0.05, 0.1) is 11.4 Å². The van der Waals surface area contributed by atoms with E-state index in [1.54, 1.807) is 11.3 Å². The minimum absolute atomic E-state index is 0.00772. The fraction of sp³-hybridized carbons (Fsp3) is 0.611. The van der Waals surface area contributed by atoms with Gasteiger partial charge in [0.2, 0.25) is 0 Å². The molecule has 1 saturated carbocycles. The van der Waals surface area contributed by atoms with Gasteiger partial charge in [-0.2, -0.15) is 11.3 Å². The number of hydrogen-bond donors (Lipinski definition) is 1. The van der Waals surface area contributed by atoms with Gasteiger partial charge in [-0.25, -0.2) is 4.79 Å². The number of rotatable bonds is 4. The maximum absolute atomic E-state index is 12.4. The molecule has 1 aliphatic carbocycles. The van der Waals surface area contributed by atoms with Gasteiger partial charge in [-0.15, -0.1) is 5.10 Å². The van der Waals surface area contributed by atoms with Crippen LogP contribution in [-0.4, -0.2) is 39.0 Å². The summed E-state index contributed by atoms with van der Waals surface area (Å²) in [6.45, 7) is 2.47. The molecule has 1 N–H and O–H groups in total. The van der Waals surface area contributed by atoms with E-state index in [0.717, 1.165) is 43.9 Å². The summed E-state index contributed by atoms with van der Waals surface area (Å²) in [6, 6.07) is 1.94. The summed E-state index contributed by atoms with van der Waals surface area (Å²) < 4.78 is 1.98. The molecule has 25 heavy (non-hydrogen) atoms. The van der Waals surface area contributed by atoms with Gasteiger partial charge in [-0.1, -0.05) is 18.1 Å². The third-order valence-electron chi connectivity index (χ3n) is 5.35. The SMILES string of the molecule is O=C(Nc1ccsc1)N1CCCC(Cn2cc(C3CCCC3)nn2)C1. The Morgan fingerprint density at radius 3 is 2.96 bits per heavy atom. The zero-order chi connectivity index (χ0) is 17.1. The predicted molar refractivity (Wildman–Crippen MR) is 98.9 cm³/mol. The Hall–Kier alpha value is -1.89. The molecule has 6 nitrogen and oxygen atoms in total. The molecule has 0 spiro atoms. The van der Waals surface area contributed by atoms with Crippen LogP contribution in [-0.2, 0) is 6.54 Å². The van der Waals surface area contributed by atoms with Gasteiger partial charge in [-0.05, 0) is 43.0 Å². The van der Waals surface area contributed by atoms with Crippen molar-refractivity contribution < 1.29 is 4.79 Å². The van der Waals surface area contributed by atoms with Crippen LogP contribution in [0.3, 0.4) is 0 Å². The Kier molecular flexibility index (Phi) is 5.01. The molecular formula is C18H25N5OS. The Balaban J connectivity index is 1.32. The largest absolute Gasteiger partial charge is 0.324 e. The van der Waals surface area contributed by atoms with Crippen molar-refractivity contribution in [2.45, 2.75) is 51.0 Å². The highest BCUT2D eigenvalue weighted by atomic mass is 32.1. The molecule has 0 bridgehead atoms. The smallest absolute Gasteiger partial charge is 0.321 e. The fourth-order valence-electron chi connectivity index (χ4n) is 4.01. The molecule has 0 aromatic carbocycles. The van der Waals surface area contributed by atoms with E-state index < -0.39 is 0 Å². The van der Waals surface area contributed by atoms with Crippen molar-refractivity contribution in [3.05, 3.63) is 28.7 Å². The standard InChI is InChI=1S/C18H25N5OS/c24-18(19-16-7-9-25-13-16)22-8-3-4-14(10-22)11-23-12-17(20-21-23)15-5-1-2-6-15/h7,9,12-15H,1-6,8,10-11H2,(H,19,24). The van der Waals surface area contributed by atoms with Crippen molar-refractivity contribution in [3.8, 4) is 0 Å². The van der Waals surface area contributed by atoms with Gasteiger partial charge < -0.3 is 10.2 Å². The van der Waals surface area contributed by atoms with E-state index >= 15 is 0 Å². The minimum atomic E-state index is 0.00772. The second kappa shape index (κ2) is 7.56. The first-order valence-electron chi connectivity index (χ1n) is 9.26. The predicted octanol–water partition coefficient (Wildman–Crippen LogP) is 3.94. The number of carbonyl (C=O) groups is 1. The van der Waals surface area contributed by atoms with Gasteiger partial charge in [0.1, 0.15) is 0 Å². The maximum atomic E-state index is 12.4. The number of nitrogens with one attached hydrogen (secondary N) is 1. The maximum Gasteiger partial charge on any atom is 0.321 e. The van der Waals surface area contributed by atoms with Crippen LogP contribution in [0.2, 0.25) is 0 Å². The molecule has 1 aliphatic heterocycles. The number of hydrogen-bond acceptors (Lipinski definition) is 4. The Morgan fingerprint density at radius 1 is 1.28 bits per heavy atom. The zero-order valence-electron chi connectivity index (χ0n) is 14.4.